The molecule has 0 amide bonds. The van der Waals surface area contributed by atoms with Crippen LogP contribution in [-0.2, 0) is 0 Å². The Hall–Kier alpha value is -1.85. The largest absolute Gasteiger partial charge is 0.339 e. The van der Waals surface area contributed by atoms with E-state index in [-0.39, 0.29) is 17.3 Å². The lowest BCUT2D eigenvalue weighted by Crippen LogP contribution is -2.39. The summed E-state index contributed by atoms with van der Waals surface area (Å²) in [6.45, 7) is 0. The van der Waals surface area contributed by atoms with Gasteiger partial charge in [0.2, 0.25) is 0 Å². The van der Waals surface area contributed by atoms with Gasteiger partial charge in [0.25, 0.3) is 5.56 Å². The molecule has 2 saturated carbocycles. The second-order valence-corrected chi connectivity index (χ2v) is 5.40. The molecule has 18 heavy (non-hydrogen) atoms. The first-order chi connectivity index (χ1) is 8.75. The van der Waals surface area contributed by atoms with Gasteiger partial charge in [-0.2, -0.15) is 0 Å². The van der Waals surface area contributed by atoms with Gasteiger partial charge in [-0.15, -0.1) is 0 Å². The highest BCUT2D eigenvalue weighted by molar-refractivity contribution is 5.67. The predicted molar refractivity (Wildman–Crippen MR) is 65.5 cm³/mol. The topological polar surface area (TPSA) is 83.5 Å². The van der Waals surface area contributed by atoms with E-state index in [1.54, 1.807) is 0 Å². The van der Waals surface area contributed by atoms with Gasteiger partial charge in [0.1, 0.15) is 5.52 Å². The Labute approximate surface area is 102 Å². The molecule has 0 aliphatic heterocycles. The summed E-state index contributed by atoms with van der Waals surface area (Å²) in [5.41, 5.74) is 0.214. The normalized spacial score (nSPS) is 19.8. The maximum Gasteiger partial charge on any atom is 0.330 e. The smallest absolute Gasteiger partial charge is 0.330 e. The first-order valence-corrected chi connectivity index (χ1v) is 6.43. The van der Waals surface area contributed by atoms with Crippen molar-refractivity contribution in [3.05, 3.63) is 27.2 Å². The summed E-state index contributed by atoms with van der Waals surface area (Å²) >= 11 is 0. The van der Waals surface area contributed by atoms with Crippen molar-refractivity contribution in [1.82, 2.24) is 19.5 Å². The molecule has 2 aliphatic rings. The SMILES string of the molecule is O=c1[nH]c2nc[nH]c2c(=O)n1C(C1CC1)C1CC1. The molecule has 4 rings (SSSR count). The summed E-state index contributed by atoms with van der Waals surface area (Å²) in [4.78, 5) is 33.9. The molecule has 94 valence electrons. The Balaban J connectivity index is 1.97. The number of imidazole rings is 1. The molecule has 0 unspecified atom stereocenters. The molecule has 6 nitrogen and oxygen atoms in total. The fourth-order valence-electron chi connectivity index (χ4n) is 2.88. The first kappa shape index (κ1) is 10.1. The second kappa shape index (κ2) is 3.34. The van der Waals surface area contributed by atoms with Crippen LogP contribution < -0.4 is 11.2 Å². The minimum atomic E-state index is -0.316. The maximum absolute atomic E-state index is 12.4. The summed E-state index contributed by atoms with van der Waals surface area (Å²) in [6.07, 6.45) is 5.97. The molecule has 2 N–H and O–H groups in total. The molecule has 0 saturated heterocycles. The first-order valence-electron chi connectivity index (χ1n) is 6.43. The van der Waals surface area contributed by atoms with Crippen LogP contribution >= 0.6 is 0 Å². The van der Waals surface area contributed by atoms with Gasteiger partial charge in [-0.05, 0) is 37.5 Å². The Morgan fingerprint density at radius 2 is 1.89 bits per heavy atom. The van der Waals surface area contributed by atoms with Crippen LogP contribution in [0.4, 0.5) is 0 Å². The van der Waals surface area contributed by atoms with Crippen molar-refractivity contribution in [2.24, 2.45) is 11.8 Å². The molecule has 0 bridgehead atoms. The number of hydrogen-bond donors (Lipinski definition) is 2. The van der Waals surface area contributed by atoms with Crippen molar-refractivity contribution in [2.75, 3.05) is 0 Å². The molecule has 2 heterocycles. The van der Waals surface area contributed by atoms with E-state index in [4.69, 9.17) is 0 Å². The summed E-state index contributed by atoms with van der Waals surface area (Å²) in [6, 6.07) is 0.0916. The van der Waals surface area contributed by atoms with Crippen LogP contribution in [0.15, 0.2) is 15.9 Å². The van der Waals surface area contributed by atoms with Gasteiger partial charge in [0, 0.05) is 6.04 Å². The summed E-state index contributed by atoms with van der Waals surface area (Å²) in [5.74, 6) is 1.02. The number of aromatic nitrogens is 4. The Kier molecular flexibility index (Phi) is 1.87. The van der Waals surface area contributed by atoms with E-state index in [1.165, 1.54) is 10.9 Å². The van der Waals surface area contributed by atoms with Gasteiger partial charge in [-0.25, -0.2) is 9.78 Å². The van der Waals surface area contributed by atoms with E-state index in [1.807, 2.05) is 0 Å². The molecule has 2 fully saturated rings. The Morgan fingerprint density at radius 1 is 1.22 bits per heavy atom. The standard InChI is InChI=1S/C12H14N4O2/c17-11-8-10(14-5-13-8)15-12(18)16(11)9(6-1-2-6)7-3-4-7/h5-7,9H,1-4H2,(H,13,14)(H,15,18). The molecule has 2 aromatic rings. The molecule has 0 spiro atoms. The number of fused-ring (bicyclic) bond motifs is 1. The van der Waals surface area contributed by atoms with Crippen molar-refractivity contribution < 1.29 is 0 Å². The van der Waals surface area contributed by atoms with E-state index in [9.17, 15) is 9.59 Å². The van der Waals surface area contributed by atoms with Crippen LogP contribution in [0.25, 0.3) is 11.2 Å². The fraction of sp³-hybridized carbons (Fsp3) is 0.583. The molecular formula is C12H14N4O2. The van der Waals surface area contributed by atoms with Crippen molar-refractivity contribution in [3.63, 3.8) is 0 Å². The number of nitrogens with one attached hydrogen (secondary N) is 2. The van der Waals surface area contributed by atoms with Crippen LogP contribution in [0, 0.1) is 11.8 Å². The van der Waals surface area contributed by atoms with E-state index < -0.39 is 0 Å². The van der Waals surface area contributed by atoms with Crippen LogP contribution in [0.2, 0.25) is 0 Å². The number of nitrogens with zero attached hydrogens (tertiary/aromatic N) is 2. The van der Waals surface area contributed by atoms with Crippen molar-refractivity contribution in [2.45, 2.75) is 31.7 Å². The highest BCUT2D eigenvalue weighted by atomic mass is 16.2. The van der Waals surface area contributed by atoms with Gasteiger partial charge in [-0.1, -0.05) is 0 Å². The monoisotopic (exact) mass is 246 g/mol. The fourth-order valence-corrected chi connectivity index (χ4v) is 2.88. The zero-order valence-corrected chi connectivity index (χ0v) is 9.85. The van der Waals surface area contributed by atoms with E-state index in [0.717, 1.165) is 25.7 Å². The average Bonchev–Trinajstić information content (AvgIpc) is 3.25. The van der Waals surface area contributed by atoms with Crippen LogP contribution in [0.5, 0.6) is 0 Å². The van der Waals surface area contributed by atoms with Gasteiger partial charge < -0.3 is 4.98 Å². The summed E-state index contributed by atoms with van der Waals surface area (Å²) < 4.78 is 1.43. The van der Waals surface area contributed by atoms with E-state index in [0.29, 0.717) is 23.0 Å². The van der Waals surface area contributed by atoms with Crippen molar-refractivity contribution in [1.29, 1.82) is 0 Å². The zero-order chi connectivity index (χ0) is 12.3. The third kappa shape index (κ3) is 1.38. The van der Waals surface area contributed by atoms with Gasteiger partial charge in [0.15, 0.2) is 5.65 Å². The Morgan fingerprint density at radius 3 is 2.50 bits per heavy atom. The van der Waals surface area contributed by atoms with Gasteiger partial charge in [0.05, 0.1) is 6.33 Å². The lowest BCUT2D eigenvalue weighted by Gasteiger charge is -2.17. The van der Waals surface area contributed by atoms with Crippen LogP contribution in [0.1, 0.15) is 31.7 Å². The number of aromatic amines is 2. The minimum absolute atomic E-state index is 0.0916. The minimum Gasteiger partial charge on any atom is -0.339 e. The van der Waals surface area contributed by atoms with E-state index in [2.05, 4.69) is 15.0 Å². The third-order valence-corrected chi connectivity index (χ3v) is 4.02. The molecule has 2 aliphatic carbocycles. The van der Waals surface area contributed by atoms with Crippen molar-refractivity contribution >= 4 is 11.2 Å². The Bertz CT molecular complexity index is 705. The second-order valence-electron chi connectivity index (χ2n) is 5.40. The van der Waals surface area contributed by atoms with Crippen molar-refractivity contribution in [3.8, 4) is 0 Å². The molecule has 0 aromatic carbocycles. The lowest BCUT2D eigenvalue weighted by atomic mass is 10.1. The van der Waals surface area contributed by atoms with Crippen LogP contribution in [-0.4, -0.2) is 19.5 Å². The van der Waals surface area contributed by atoms with Gasteiger partial charge >= 0.3 is 5.69 Å². The molecule has 6 heteroatoms. The quantitative estimate of drug-likeness (QED) is 0.839. The number of H-pyrrole nitrogens is 2. The summed E-state index contributed by atoms with van der Waals surface area (Å²) in [7, 11) is 0. The maximum atomic E-state index is 12.4. The third-order valence-electron chi connectivity index (χ3n) is 4.02. The molecule has 2 aromatic heterocycles. The number of rotatable bonds is 3. The average molecular weight is 246 g/mol. The molecular weight excluding hydrogens is 232 g/mol. The van der Waals surface area contributed by atoms with E-state index >= 15 is 0 Å². The lowest BCUT2D eigenvalue weighted by molar-refractivity contribution is 0.372. The van der Waals surface area contributed by atoms with Crippen LogP contribution in [0.3, 0.4) is 0 Å². The highest BCUT2D eigenvalue weighted by Crippen LogP contribution is 2.51. The highest BCUT2D eigenvalue weighted by Gasteiger charge is 2.44. The molecule has 0 radical (unpaired) electrons. The molecule has 0 atom stereocenters. The number of hydrogen-bond acceptors (Lipinski definition) is 3. The van der Waals surface area contributed by atoms with Gasteiger partial charge in [-0.3, -0.25) is 14.3 Å². The predicted octanol–water partition coefficient (Wildman–Crippen LogP) is 0.774. The summed E-state index contributed by atoms with van der Waals surface area (Å²) in [5, 5.41) is 0. The zero-order valence-electron chi connectivity index (χ0n) is 9.85.